The summed E-state index contributed by atoms with van der Waals surface area (Å²) in [5.41, 5.74) is 3.60. The summed E-state index contributed by atoms with van der Waals surface area (Å²) in [5.74, 6) is 1.41. The summed E-state index contributed by atoms with van der Waals surface area (Å²) in [5, 5.41) is 12.6. The molecule has 0 saturated heterocycles. The van der Waals surface area contributed by atoms with Crippen LogP contribution in [-0.4, -0.2) is 12.1 Å². The molecule has 4 nitrogen and oxygen atoms in total. The van der Waals surface area contributed by atoms with Crippen LogP contribution < -0.4 is 10.1 Å². The van der Waals surface area contributed by atoms with Crippen LogP contribution in [0.1, 0.15) is 11.1 Å². The summed E-state index contributed by atoms with van der Waals surface area (Å²) >= 11 is 0. The first-order valence-corrected chi connectivity index (χ1v) is 7.62. The standard InChI is InChI=1S/C20H17N3O/c1-24-19-9-7-15(8-10-19)13-22-20-17(12-21)11-18(14-23-20)16-5-3-2-4-6-16/h2-11,14H,13H2,1H3,(H,22,23). The van der Waals surface area contributed by atoms with E-state index in [0.29, 0.717) is 17.9 Å². The van der Waals surface area contributed by atoms with Crippen LogP contribution in [0.4, 0.5) is 5.82 Å². The molecule has 4 heteroatoms. The zero-order chi connectivity index (χ0) is 16.8. The lowest BCUT2D eigenvalue weighted by Gasteiger charge is -2.09. The molecule has 3 rings (SSSR count). The Hall–Kier alpha value is -3.32. The number of nitriles is 1. The lowest BCUT2D eigenvalue weighted by molar-refractivity contribution is 0.414. The molecule has 118 valence electrons. The zero-order valence-electron chi connectivity index (χ0n) is 13.4. The van der Waals surface area contributed by atoms with Gasteiger partial charge in [0.25, 0.3) is 0 Å². The second kappa shape index (κ2) is 7.30. The fraction of sp³-hybridized carbons (Fsp3) is 0.100. The van der Waals surface area contributed by atoms with Crippen molar-refractivity contribution >= 4 is 5.82 Å². The molecule has 0 amide bonds. The van der Waals surface area contributed by atoms with Crippen molar-refractivity contribution in [3.05, 3.63) is 78.0 Å². The Kier molecular flexibility index (Phi) is 4.73. The third kappa shape index (κ3) is 3.53. The van der Waals surface area contributed by atoms with Crippen LogP contribution in [0.5, 0.6) is 5.75 Å². The molecular weight excluding hydrogens is 298 g/mol. The highest BCUT2D eigenvalue weighted by Gasteiger charge is 2.07. The van der Waals surface area contributed by atoms with E-state index in [1.807, 2.05) is 60.7 Å². The molecule has 0 bridgehead atoms. The maximum atomic E-state index is 9.41. The van der Waals surface area contributed by atoms with Crippen molar-refractivity contribution in [2.24, 2.45) is 0 Å². The molecule has 0 aliphatic rings. The number of methoxy groups -OCH3 is 1. The van der Waals surface area contributed by atoms with Crippen LogP contribution in [0, 0.1) is 11.3 Å². The minimum atomic E-state index is 0.532. The van der Waals surface area contributed by atoms with Gasteiger partial charge in [0.05, 0.1) is 12.7 Å². The highest BCUT2D eigenvalue weighted by molar-refractivity contribution is 5.67. The largest absolute Gasteiger partial charge is 0.497 e. The van der Waals surface area contributed by atoms with E-state index >= 15 is 0 Å². The number of nitrogens with one attached hydrogen (secondary N) is 1. The lowest BCUT2D eigenvalue weighted by Crippen LogP contribution is -2.03. The van der Waals surface area contributed by atoms with Gasteiger partial charge in [-0.2, -0.15) is 5.26 Å². The monoisotopic (exact) mass is 315 g/mol. The maximum absolute atomic E-state index is 9.41. The molecule has 0 fully saturated rings. The molecule has 0 unspecified atom stereocenters. The van der Waals surface area contributed by atoms with E-state index in [-0.39, 0.29) is 0 Å². The maximum Gasteiger partial charge on any atom is 0.144 e. The van der Waals surface area contributed by atoms with Gasteiger partial charge in [0.15, 0.2) is 0 Å². The van der Waals surface area contributed by atoms with E-state index in [0.717, 1.165) is 22.4 Å². The smallest absolute Gasteiger partial charge is 0.144 e. The van der Waals surface area contributed by atoms with Gasteiger partial charge in [0, 0.05) is 18.3 Å². The van der Waals surface area contributed by atoms with E-state index in [1.165, 1.54) is 0 Å². The second-order valence-electron chi connectivity index (χ2n) is 5.30. The average Bonchev–Trinajstić information content (AvgIpc) is 2.67. The molecule has 3 aromatic rings. The third-order valence-electron chi connectivity index (χ3n) is 3.73. The normalized spacial score (nSPS) is 10.0. The number of hydrogen-bond acceptors (Lipinski definition) is 4. The zero-order valence-corrected chi connectivity index (χ0v) is 13.4. The van der Waals surface area contributed by atoms with Gasteiger partial charge in [-0.3, -0.25) is 0 Å². The molecule has 1 heterocycles. The molecule has 2 aromatic carbocycles. The number of anilines is 1. The number of rotatable bonds is 5. The molecule has 0 aliphatic carbocycles. The van der Waals surface area contributed by atoms with Gasteiger partial charge in [0.2, 0.25) is 0 Å². The van der Waals surface area contributed by atoms with Crippen molar-refractivity contribution in [2.75, 3.05) is 12.4 Å². The first-order valence-electron chi connectivity index (χ1n) is 7.62. The van der Waals surface area contributed by atoms with Crippen LogP contribution in [0.15, 0.2) is 66.9 Å². The van der Waals surface area contributed by atoms with Crippen molar-refractivity contribution in [2.45, 2.75) is 6.54 Å². The van der Waals surface area contributed by atoms with Crippen molar-refractivity contribution in [3.8, 4) is 22.9 Å². The van der Waals surface area contributed by atoms with Crippen LogP contribution >= 0.6 is 0 Å². The number of benzene rings is 2. The predicted molar refractivity (Wildman–Crippen MR) is 94.7 cm³/mol. The second-order valence-corrected chi connectivity index (χ2v) is 5.30. The molecular formula is C20H17N3O. The molecule has 0 radical (unpaired) electrons. The summed E-state index contributed by atoms with van der Waals surface area (Å²) < 4.78 is 5.15. The minimum absolute atomic E-state index is 0.532. The summed E-state index contributed by atoms with van der Waals surface area (Å²) in [6, 6.07) is 21.8. The molecule has 24 heavy (non-hydrogen) atoms. The Bertz CT molecular complexity index is 852. The van der Waals surface area contributed by atoms with Crippen molar-refractivity contribution in [1.29, 1.82) is 5.26 Å². The van der Waals surface area contributed by atoms with E-state index in [9.17, 15) is 5.26 Å². The Labute approximate surface area is 141 Å². The average molecular weight is 315 g/mol. The van der Waals surface area contributed by atoms with Gasteiger partial charge < -0.3 is 10.1 Å². The first-order chi connectivity index (χ1) is 11.8. The van der Waals surface area contributed by atoms with E-state index in [1.54, 1.807) is 13.3 Å². The van der Waals surface area contributed by atoms with Gasteiger partial charge in [-0.05, 0) is 29.3 Å². The topological polar surface area (TPSA) is 57.9 Å². The molecule has 1 aromatic heterocycles. The van der Waals surface area contributed by atoms with Gasteiger partial charge in [-0.25, -0.2) is 4.98 Å². The molecule has 0 aliphatic heterocycles. The third-order valence-corrected chi connectivity index (χ3v) is 3.73. The lowest BCUT2D eigenvalue weighted by atomic mass is 10.1. The number of pyridine rings is 1. The SMILES string of the molecule is COc1ccc(CNc2ncc(-c3ccccc3)cc2C#N)cc1. The van der Waals surface area contributed by atoms with Gasteiger partial charge in [0.1, 0.15) is 17.6 Å². The highest BCUT2D eigenvalue weighted by atomic mass is 16.5. The summed E-state index contributed by atoms with van der Waals surface area (Å²) in [6.45, 7) is 0.594. The van der Waals surface area contributed by atoms with E-state index < -0.39 is 0 Å². The van der Waals surface area contributed by atoms with Crippen LogP contribution in [0.25, 0.3) is 11.1 Å². The van der Waals surface area contributed by atoms with E-state index in [4.69, 9.17) is 4.74 Å². The van der Waals surface area contributed by atoms with Crippen LogP contribution in [0.3, 0.4) is 0 Å². The highest BCUT2D eigenvalue weighted by Crippen LogP contribution is 2.23. The quantitative estimate of drug-likeness (QED) is 0.765. The summed E-state index contributed by atoms with van der Waals surface area (Å²) in [6.07, 6.45) is 1.78. The van der Waals surface area contributed by atoms with Gasteiger partial charge in [-0.1, -0.05) is 42.5 Å². The fourth-order valence-electron chi connectivity index (χ4n) is 2.41. The van der Waals surface area contributed by atoms with Gasteiger partial charge in [-0.15, -0.1) is 0 Å². The van der Waals surface area contributed by atoms with Crippen molar-refractivity contribution < 1.29 is 4.74 Å². The Morgan fingerprint density at radius 1 is 1.04 bits per heavy atom. The molecule has 0 spiro atoms. The summed E-state index contributed by atoms with van der Waals surface area (Å²) in [7, 11) is 1.64. The van der Waals surface area contributed by atoms with Crippen LogP contribution in [0.2, 0.25) is 0 Å². The molecule has 0 saturated carbocycles. The predicted octanol–water partition coefficient (Wildman–Crippen LogP) is 4.24. The number of ether oxygens (including phenoxy) is 1. The number of aromatic nitrogens is 1. The Morgan fingerprint density at radius 2 is 1.79 bits per heavy atom. The fourth-order valence-corrected chi connectivity index (χ4v) is 2.41. The van der Waals surface area contributed by atoms with Crippen molar-refractivity contribution in [3.63, 3.8) is 0 Å². The van der Waals surface area contributed by atoms with Crippen molar-refractivity contribution in [1.82, 2.24) is 4.98 Å². The molecule has 1 N–H and O–H groups in total. The van der Waals surface area contributed by atoms with E-state index in [2.05, 4.69) is 16.4 Å². The van der Waals surface area contributed by atoms with Crippen LogP contribution in [-0.2, 0) is 6.54 Å². The number of nitrogens with zero attached hydrogens (tertiary/aromatic N) is 2. The minimum Gasteiger partial charge on any atom is -0.497 e. The van der Waals surface area contributed by atoms with Gasteiger partial charge >= 0.3 is 0 Å². The number of hydrogen-bond donors (Lipinski definition) is 1. The molecule has 0 atom stereocenters. The Morgan fingerprint density at radius 3 is 2.46 bits per heavy atom. The Balaban J connectivity index is 1.77. The first kappa shape index (κ1) is 15.6. The summed E-state index contributed by atoms with van der Waals surface area (Å²) in [4.78, 5) is 4.42.